The predicted molar refractivity (Wildman–Crippen MR) is 75.0 cm³/mol. The highest BCUT2D eigenvalue weighted by Gasteiger charge is 2.12. The Labute approximate surface area is 119 Å². The molecule has 5 nitrogen and oxygen atoms in total. The molecule has 3 aromatic rings. The van der Waals surface area contributed by atoms with Gasteiger partial charge in [0, 0.05) is 12.3 Å². The van der Waals surface area contributed by atoms with Crippen LogP contribution in [0.4, 0.5) is 10.3 Å². The third-order valence-electron chi connectivity index (χ3n) is 2.97. The molecule has 0 radical (unpaired) electrons. The average molecular weight is 292 g/mol. The Bertz CT molecular complexity index is 782. The van der Waals surface area contributed by atoms with Gasteiger partial charge in [-0.15, -0.1) is 0 Å². The van der Waals surface area contributed by atoms with Crippen LogP contribution in [0.1, 0.15) is 11.4 Å². The second kappa shape index (κ2) is 4.72. The maximum atomic E-state index is 13.6. The summed E-state index contributed by atoms with van der Waals surface area (Å²) >= 11 is 5.74. The molecule has 2 aromatic heterocycles. The highest BCUT2D eigenvalue weighted by atomic mass is 35.5. The number of nitrogens with zero attached hydrogens (tertiary/aromatic N) is 4. The number of rotatable bonds is 2. The van der Waals surface area contributed by atoms with Gasteiger partial charge >= 0.3 is 0 Å². The summed E-state index contributed by atoms with van der Waals surface area (Å²) in [6.45, 7) is 2.23. The van der Waals surface area contributed by atoms with Crippen LogP contribution in [-0.2, 0) is 6.54 Å². The van der Waals surface area contributed by atoms with Crippen LogP contribution in [0, 0.1) is 12.7 Å². The third-order valence-corrected chi connectivity index (χ3v) is 3.26. The number of aryl methyl sites for hydroxylation is 1. The summed E-state index contributed by atoms with van der Waals surface area (Å²) in [6.07, 6.45) is 3.33. The molecule has 0 fully saturated rings. The predicted octanol–water partition coefficient (Wildman–Crippen LogP) is 2.56. The minimum atomic E-state index is -0.504. The number of aromatic nitrogens is 4. The van der Waals surface area contributed by atoms with E-state index < -0.39 is 5.82 Å². The first kappa shape index (κ1) is 12.8. The lowest BCUT2D eigenvalue weighted by atomic mass is 10.3. The van der Waals surface area contributed by atoms with Crippen molar-refractivity contribution >= 4 is 28.6 Å². The Hall–Kier alpha value is -2.21. The van der Waals surface area contributed by atoms with Crippen LogP contribution in [0.3, 0.4) is 0 Å². The summed E-state index contributed by atoms with van der Waals surface area (Å²) in [5.41, 5.74) is 8.54. The molecule has 0 aliphatic heterocycles. The summed E-state index contributed by atoms with van der Waals surface area (Å²) in [7, 11) is 0. The third kappa shape index (κ3) is 2.18. The van der Waals surface area contributed by atoms with Gasteiger partial charge in [-0.3, -0.25) is 9.97 Å². The fraction of sp³-hybridized carbons (Fsp3) is 0.154. The number of benzene rings is 1. The maximum Gasteiger partial charge on any atom is 0.201 e. The number of nitrogens with two attached hydrogens (primary N) is 1. The van der Waals surface area contributed by atoms with Gasteiger partial charge in [-0.05, 0) is 13.0 Å². The molecule has 2 N–H and O–H groups in total. The molecule has 20 heavy (non-hydrogen) atoms. The van der Waals surface area contributed by atoms with E-state index in [2.05, 4.69) is 15.0 Å². The molecule has 0 amide bonds. The van der Waals surface area contributed by atoms with Crippen molar-refractivity contribution in [2.24, 2.45) is 0 Å². The lowest BCUT2D eigenvalue weighted by molar-refractivity contribution is 0.629. The van der Waals surface area contributed by atoms with E-state index in [0.29, 0.717) is 17.6 Å². The summed E-state index contributed by atoms with van der Waals surface area (Å²) in [6, 6.07) is 2.78. The molecule has 0 atom stereocenters. The van der Waals surface area contributed by atoms with Gasteiger partial charge in [0.1, 0.15) is 5.82 Å². The number of hydrogen-bond donors (Lipinski definition) is 1. The molecule has 0 spiro atoms. The van der Waals surface area contributed by atoms with E-state index in [4.69, 9.17) is 17.3 Å². The minimum absolute atomic E-state index is 0.0253. The lowest BCUT2D eigenvalue weighted by Crippen LogP contribution is -2.06. The molecule has 102 valence electrons. The average Bonchev–Trinajstić information content (AvgIpc) is 2.69. The number of nitrogen functional groups attached to an aromatic ring is 1. The van der Waals surface area contributed by atoms with E-state index in [1.165, 1.54) is 12.1 Å². The number of hydrogen-bond acceptors (Lipinski definition) is 4. The Morgan fingerprint density at radius 1 is 1.30 bits per heavy atom. The molecule has 1 aromatic carbocycles. The van der Waals surface area contributed by atoms with Crippen LogP contribution < -0.4 is 5.73 Å². The monoisotopic (exact) mass is 291 g/mol. The van der Waals surface area contributed by atoms with Gasteiger partial charge in [-0.25, -0.2) is 9.37 Å². The van der Waals surface area contributed by atoms with E-state index in [0.717, 1.165) is 11.4 Å². The van der Waals surface area contributed by atoms with Crippen LogP contribution >= 0.6 is 11.6 Å². The second-order valence-corrected chi connectivity index (χ2v) is 4.87. The van der Waals surface area contributed by atoms with Gasteiger partial charge in [0.15, 0.2) is 0 Å². The quantitative estimate of drug-likeness (QED) is 0.788. The minimum Gasteiger partial charge on any atom is -0.369 e. The molecule has 2 heterocycles. The van der Waals surface area contributed by atoms with Gasteiger partial charge in [0.25, 0.3) is 0 Å². The van der Waals surface area contributed by atoms with E-state index in [1.54, 1.807) is 17.0 Å². The van der Waals surface area contributed by atoms with Crippen molar-refractivity contribution in [1.82, 2.24) is 19.5 Å². The number of imidazole rings is 1. The molecule has 3 rings (SSSR count). The van der Waals surface area contributed by atoms with Gasteiger partial charge in [-0.2, -0.15) is 0 Å². The summed E-state index contributed by atoms with van der Waals surface area (Å²) in [5, 5.41) is 0.0253. The second-order valence-electron chi connectivity index (χ2n) is 4.46. The van der Waals surface area contributed by atoms with Crippen molar-refractivity contribution in [3.63, 3.8) is 0 Å². The molecule has 0 unspecified atom stereocenters. The van der Waals surface area contributed by atoms with Gasteiger partial charge in [-0.1, -0.05) is 11.6 Å². The Kier molecular flexibility index (Phi) is 3.02. The maximum absolute atomic E-state index is 13.6. The van der Waals surface area contributed by atoms with Crippen molar-refractivity contribution in [1.29, 1.82) is 0 Å². The van der Waals surface area contributed by atoms with Crippen molar-refractivity contribution in [2.45, 2.75) is 13.5 Å². The van der Waals surface area contributed by atoms with E-state index >= 15 is 0 Å². The standard InChI is InChI=1S/C13H11ClFN5/c1-7-4-18-8(5-17-7)6-20-12-3-10(15)9(14)2-11(12)19-13(20)16/h2-5H,6H2,1H3,(H2,16,19). The first-order chi connectivity index (χ1) is 9.54. The fourth-order valence-corrected chi connectivity index (χ4v) is 2.13. The summed E-state index contributed by atoms with van der Waals surface area (Å²) in [4.78, 5) is 12.6. The van der Waals surface area contributed by atoms with E-state index in [1.807, 2.05) is 6.92 Å². The van der Waals surface area contributed by atoms with Gasteiger partial charge in [0.2, 0.25) is 5.95 Å². The molecular formula is C13H11ClFN5. The van der Waals surface area contributed by atoms with Crippen molar-refractivity contribution in [3.05, 3.63) is 46.8 Å². The molecular weight excluding hydrogens is 281 g/mol. The highest BCUT2D eigenvalue weighted by molar-refractivity contribution is 6.31. The molecule has 7 heteroatoms. The van der Waals surface area contributed by atoms with Crippen molar-refractivity contribution < 1.29 is 4.39 Å². The largest absolute Gasteiger partial charge is 0.369 e. The van der Waals surface area contributed by atoms with E-state index in [-0.39, 0.29) is 11.0 Å². The molecule has 0 saturated carbocycles. The summed E-state index contributed by atoms with van der Waals surface area (Å²) < 4.78 is 15.3. The number of halogens is 2. The fourth-order valence-electron chi connectivity index (χ4n) is 1.97. The first-order valence-electron chi connectivity index (χ1n) is 5.93. The van der Waals surface area contributed by atoms with E-state index in [9.17, 15) is 4.39 Å². The molecule has 0 saturated heterocycles. The van der Waals surface area contributed by atoms with Gasteiger partial charge in [0.05, 0.1) is 40.2 Å². The van der Waals surface area contributed by atoms with Crippen LogP contribution in [0.2, 0.25) is 5.02 Å². The van der Waals surface area contributed by atoms with Crippen molar-refractivity contribution in [3.8, 4) is 0 Å². The molecule has 0 aliphatic rings. The van der Waals surface area contributed by atoms with Crippen LogP contribution in [0.5, 0.6) is 0 Å². The smallest absolute Gasteiger partial charge is 0.201 e. The van der Waals surface area contributed by atoms with Crippen LogP contribution in [0.15, 0.2) is 24.5 Å². The highest BCUT2D eigenvalue weighted by Crippen LogP contribution is 2.25. The topological polar surface area (TPSA) is 69.6 Å². The zero-order valence-electron chi connectivity index (χ0n) is 10.6. The number of fused-ring (bicyclic) bond motifs is 1. The SMILES string of the molecule is Cc1cnc(Cn2c(N)nc3cc(Cl)c(F)cc32)cn1. The number of anilines is 1. The summed E-state index contributed by atoms with van der Waals surface area (Å²) in [5.74, 6) is -0.223. The first-order valence-corrected chi connectivity index (χ1v) is 6.30. The zero-order chi connectivity index (χ0) is 14.3. The van der Waals surface area contributed by atoms with Gasteiger partial charge < -0.3 is 10.3 Å². The molecule has 0 aliphatic carbocycles. The van der Waals surface area contributed by atoms with Crippen LogP contribution in [-0.4, -0.2) is 19.5 Å². The van der Waals surface area contributed by atoms with Crippen LogP contribution in [0.25, 0.3) is 11.0 Å². The van der Waals surface area contributed by atoms with Crippen molar-refractivity contribution in [2.75, 3.05) is 5.73 Å². The normalized spacial score (nSPS) is 11.2. The Morgan fingerprint density at radius 3 is 2.80 bits per heavy atom. The Balaban J connectivity index is 2.08. The lowest BCUT2D eigenvalue weighted by Gasteiger charge is -2.06. The molecule has 0 bridgehead atoms. The zero-order valence-corrected chi connectivity index (χ0v) is 11.4. The Morgan fingerprint density at radius 2 is 2.10 bits per heavy atom.